The summed E-state index contributed by atoms with van der Waals surface area (Å²) in [5, 5.41) is 9.57. The third-order valence-electron chi connectivity index (χ3n) is 8.38. The van der Waals surface area contributed by atoms with Gasteiger partial charge in [0.2, 0.25) is 0 Å². The number of hydrogen-bond acceptors (Lipinski definition) is 4. The van der Waals surface area contributed by atoms with Crippen molar-refractivity contribution in [2.75, 3.05) is 19.8 Å². The predicted molar refractivity (Wildman–Crippen MR) is 200 cm³/mol. The number of unbranched alkanes of at least 4 members (excludes halogenated alkanes) is 20. The molecule has 0 bridgehead atoms. The largest absolute Gasteiger partial charge is 0.457 e. The lowest BCUT2D eigenvalue weighted by Crippen LogP contribution is -2.27. The summed E-state index contributed by atoms with van der Waals surface area (Å²) in [4.78, 5) is 12.2. The highest BCUT2D eigenvalue weighted by Gasteiger charge is 2.13. The van der Waals surface area contributed by atoms with Crippen LogP contribution in [-0.2, 0) is 14.3 Å². The van der Waals surface area contributed by atoms with Gasteiger partial charge >= 0.3 is 5.97 Å². The van der Waals surface area contributed by atoms with Crippen LogP contribution in [0.5, 0.6) is 0 Å². The molecule has 0 spiro atoms. The highest BCUT2D eigenvalue weighted by molar-refractivity contribution is 5.69. The lowest BCUT2D eigenvalue weighted by molar-refractivity contribution is -0.154. The fourth-order valence-corrected chi connectivity index (χ4v) is 5.39. The number of ether oxygens (including phenoxy) is 2. The minimum absolute atomic E-state index is 0.181. The van der Waals surface area contributed by atoms with E-state index < -0.39 is 6.10 Å². The Labute approximate surface area is 286 Å². The van der Waals surface area contributed by atoms with Crippen molar-refractivity contribution in [3.63, 3.8) is 0 Å². The van der Waals surface area contributed by atoms with Crippen molar-refractivity contribution < 1.29 is 19.4 Å². The van der Waals surface area contributed by atoms with Gasteiger partial charge in [-0.05, 0) is 77.0 Å². The van der Waals surface area contributed by atoms with Crippen LogP contribution in [0, 0.1) is 0 Å². The number of allylic oxidation sites excluding steroid dienone is 8. The standard InChI is InChI=1S/C42H76O4/c1-3-5-7-9-11-13-15-17-19-21-22-24-26-28-30-32-34-36-38-45-40-41(39-43)46-42(44)37-35-33-31-29-27-25-23-20-18-16-14-12-10-8-6-4-2/h11,13-14,16-17,19-20,23,41,43H,3-10,12,15,18,21-22,24-40H2,1-2H3/b13-11-,16-14-,19-17-,23-20-. The molecule has 0 radical (unpaired) electrons. The van der Waals surface area contributed by atoms with Crippen molar-refractivity contribution >= 4 is 5.97 Å². The first-order valence-corrected chi connectivity index (χ1v) is 19.7. The first-order valence-electron chi connectivity index (χ1n) is 19.7. The van der Waals surface area contributed by atoms with Crippen LogP contribution in [0.4, 0.5) is 0 Å². The summed E-state index contributed by atoms with van der Waals surface area (Å²) in [5.74, 6) is -0.217. The SMILES string of the molecule is CCCCC/C=C\C/C=C\CCCCCCCCCCOCC(CO)OC(=O)CCCCCCC/C=C\C/C=C\CCCCCC. The zero-order valence-corrected chi connectivity index (χ0v) is 30.6. The van der Waals surface area contributed by atoms with Crippen molar-refractivity contribution in [3.8, 4) is 0 Å². The van der Waals surface area contributed by atoms with E-state index in [0.717, 1.165) is 44.9 Å². The fraction of sp³-hybridized carbons (Fsp3) is 0.786. The average molecular weight is 645 g/mol. The number of hydrogen-bond donors (Lipinski definition) is 1. The van der Waals surface area contributed by atoms with Crippen molar-refractivity contribution in [3.05, 3.63) is 48.6 Å². The van der Waals surface area contributed by atoms with Crippen molar-refractivity contribution in [2.45, 2.75) is 193 Å². The van der Waals surface area contributed by atoms with Crippen LogP contribution in [0.25, 0.3) is 0 Å². The summed E-state index contributed by atoms with van der Waals surface area (Å²) in [6.07, 6.45) is 50.1. The molecule has 0 heterocycles. The Morgan fingerprint density at radius 1 is 0.522 bits per heavy atom. The smallest absolute Gasteiger partial charge is 0.306 e. The molecule has 268 valence electrons. The summed E-state index contributed by atoms with van der Waals surface area (Å²) in [5.41, 5.74) is 0. The molecule has 0 saturated carbocycles. The molecule has 46 heavy (non-hydrogen) atoms. The molecule has 0 aromatic rings. The van der Waals surface area contributed by atoms with E-state index in [1.165, 1.54) is 122 Å². The normalized spacial score (nSPS) is 12.8. The summed E-state index contributed by atoms with van der Waals surface area (Å²) in [7, 11) is 0. The van der Waals surface area contributed by atoms with E-state index in [1.54, 1.807) is 0 Å². The molecule has 4 nitrogen and oxygen atoms in total. The van der Waals surface area contributed by atoms with Crippen molar-refractivity contribution in [2.24, 2.45) is 0 Å². The topological polar surface area (TPSA) is 55.8 Å². The van der Waals surface area contributed by atoms with Gasteiger partial charge in [-0.3, -0.25) is 4.79 Å². The number of rotatable bonds is 36. The second-order valence-corrected chi connectivity index (χ2v) is 13.0. The maximum atomic E-state index is 12.2. The molecule has 0 aromatic heterocycles. The summed E-state index contributed by atoms with van der Waals surface area (Å²) in [6.45, 7) is 5.28. The molecule has 1 atom stereocenters. The molecule has 0 amide bonds. The second-order valence-electron chi connectivity index (χ2n) is 13.0. The number of aliphatic hydroxyl groups is 1. The molecule has 4 heteroatoms. The average Bonchev–Trinajstić information content (AvgIpc) is 3.06. The molecule has 0 rings (SSSR count). The van der Waals surface area contributed by atoms with Crippen molar-refractivity contribution in [1.29, 1.82) is 0 Å². The summed E-state index contributed by atoms with van der Waals surface area (Å²) in [6, 6.07) is 0. The van der Waals surface area contributed by atoms with Crippen LogP contribution in [0.3, 0.4) is 0 Å². The maximum Gasteiger partial charge on any atom is 0.306 e. The molecule has 0 aliphatic rings. The van der Waals surface area contributed by atoms with Crippen LogP contribution in [0.15, 0.2) is 48.6 Å². The van der Waals surface area contributed by atoms with Gasteiger partial charge in [-0.1, -0.05) is 152 Å². The zero-order valence-electron chi connectivity index (χ0n) is 30.6. The van der Waals surface area contributed by atoms with Crippen molar-refractivity contribution in [1.82, 2.24) is 0 Å². The molecule has 1 N–H and O–H groups in total. The van der Waals surface area contributed by atoms with Gasteiger partial charge in [-0.15, -0.1) is 0 Å². The molecular weight excluding hydrogens is 568 g/mol. The lowest BCUT2D eigenvalue weighted by Gasteiger charge is -2.15. The minimum Gasteiger partial charge on any atom is -0.457 e. The number of carbonyl (C=O) groups is 1. The third-order valence-corrected chi connectivity index (χ3v) is 8.38. The van der Waals surface area contributed by atoms with E-state index in [1.807, 2.05) is 0 Å². The van der Waals surface area contributed by atoms with E-state index >= 15 is 0 Å². The molecule has 1 unspecified atom stereocenters. The fourth-order valence-electron chi connectivity index (χ4n) is 5.39. The molecule has 0 saturated heterocycles. The van der Waals surface area contributed by atoms with Gasteiger partial charge in [0.15, 0.2) is 0 Å². The van der Waals surface area contributed by atoms with E-state index in [-0.39, 0.29) is 19.2 Å². The summed E-state index contributed by atoms with van der Waals surface area (Å²) >= 11 is 0. The zero-order chi connectivity index (χ0) is 33.4. The second kappa shape index (κ2) is 39.5. The van der Waals surface area contributed by atoms with E-state index in [2.05, 4.69) is 62.5 Å². The molecule has 0 aliphatic carbocycles. The lowest BCUT2D eigenvalue weighted by atomic mass is 10.1. The van der Waals surface area contributed by atoms with E-state index in [0.29, 0.717) is 13.0 Å². The van der Waals surface area contributed by atoms with Crippen LogP contribution in [0.1, 0.15) is 187 Å². The Balaban J connectivity index is 3.48. The third kappa shape index (κ3) is 36.8. The maximum absolute atomic E-state index is 12.2. The van der Waals surface area contributed by atoms with Gasteiger partial charge in [0, 0.05) is 13.0 Å². The van der Waals surface area contributed by atoms with E-state index in [9.17, 15) is 9.90 Å². The highest BCUT2D eigenvalue weighted by atomic mass is 16.6. The Kier molecular flexibility index (Phi) is 38.1. The monoisotopic (exact) mass is 645 g/mol. The molecule has 0 aromatic carbocycles. The van der Waals surface area contributed by atoms with Gasteiger partial charge in [-0.2, -0.15) is 0 Å². The summed E-state index contributed by atoms with van der Waals surface area (Å²) < 4.78 is 11.1. The van der Waals surface area contributed by atoms with Gasteiger partial charge in [0.25, 0.3) is 0 Å². The van der Waals surface area contributed by atoms with E-state index in [4.69, 9.17) is 9.47 Å². The Morgan fingerprint density at radius 3 is 1.39 bits per heavy atom. The molecule has 0 aliphatic heterocycles. The Morgan fingerprint density at radius 2 is 0.913 bits per heavy atom. The number of esters is 1. The minimum atomic E-state index is -0.544. The number of aliphatic hydroxyl groups excluding tert-OH is 1. The Hall–Kier alpha value is -1.65. The molecular formula is C42H76O4. The van der Waals surface area contributed by atoms with Gasteiger partial charge in [0.05, 0.1) is 13.2 Å². The van der Waals surface area contributed by atoms with Crippen LogP contribution in [-0.4, -0.2) is 37.0 Å². The van der Waals surface area contributed by atoms with Gasteiger partial charge in [-0.25, -0.2) is 0 Å². The first-order chi connectivity index (χ1) is 22.7. The van der Waals surface area contributed by atoms with Gasteiger partial charge < -0.3 is 14.6 Å². The number of carbonyl (C=O) groups excluding carboxylic acids is 1. The van der Waals surface area contributed by atoms with Crippen LogP contribution >= 0.6 is 0 Å². The predicted octanol–water partition coefficient (Wildman–Crippen LogP) is 12.7. The van der Waals surface area contributed by atoms with Crippen LogP contribution < -0.4 is 0 Å². The quantitative estimate of drug-likeness (QED) is 0.0419. The van der Waals surface area contributed by atoms with Gasteiger partial charge in [0.1, 0.15) is 6.10 Å². The first kappa shape index (κ1) is 44.4. The Bertz CT molecular complexity index is 723. The highest BCUT2D eigenvalue weighted by Crippen LogP contribution is 2.12. The van der Waals surface area contributed by atoms with Crippen LogP contribution in [0.2, 0.25) is 0 Å². The molecule has 0 fully saturated rings.